The Labute approximate surface area is 79.6 Å². The minimum Gasteiger partial charge on any atom is -0.271 e. The van der Waals surface area contributed by atoms with Crippen LogP contribution in [0.3, 0.4) is 0 Å². The maximum Gasteiger partial charge on any atom is 0.0329 e. The fraction of sp³-hybridized carbons (Fsp3) is 1.00. The molecule has 1 rings (SSSR count). The summed E-state index contributed by atoms with van der Waals surface area (Å²) in [5.74, 6) is 7.47. The van der Waals surface area contributed by atoms with Gasteiger partial charge in [0.1, 0.15) is 0 Å². The monoisotopic (exact) mass is 188 g/mol. The van der Waals surface area contributed by atoms with Gasteiger partial charge in [-0.15, -0.1) is 0 Å². The molecule has 0 amide bonds. The van der Waals surface area contributed by atoms with Crippen molar-refractivity contribution in [2.45, 2.75) is 44.4 Å². The van der Waals surface area contributed by atoms with Gasteiger partial charge in [-0.2, -0.15) is 11.8 Å². The molecule has 12 heavy (non-hydrogen) atoms. The van der Waals surface area contributed by atoms with Gasteiger partial charge in [0.2, 0.25) is 0 Å². The summed E-state index contributed by atoms with van der Waals surface area (Å²) in [5, 5.41) is 0. The van der Waals surface area contributed by atoms with Crippen LogP contribution in [-0.2, 0) is 0 Å². The van der Waals surface area contributed by atoms with Gasteiger partial charge in [0.05, 0.1) is 0 Å². The Bertz CT molecular complexity index is 138. The van der Waals surface area contributed by atoms with E-state index < -0.39 is 0 Å². The Morgan fingerprint density at radius 1 is 1.50 bits per heavy atom. The van der Waals surface area contributed by atoms with Crippen molar-refractivity contribution in [1.29, 1.82) is 0 Å². The first-order chi connectivity index (χ1) is 5.53. The second-order valence-electron chi connectivity index (χ2n) is 4.53. The minimum absolute atomic E-state index is 0.365. The summed E-state index contributed by atoms with van der Waals surface area (Å²) in [6.07, 6.45) is 2.72. The summed E-state index contributed by atoms with van der Waals surface area (Å²) >= 11 is 1.99. The zero-order valence-electron chi connectivity index (χ0n) is 8.26. The van der Waals surface area contributed by atoms with Gasteiger partial charge in [-0.25, -0.2) is 0 Å². The molecule has 1 fully saturated rings. The lowest BCUT2D eigenvalue weighted by Gasteiger charge is -2.22. The van der Waals surface area contributed by atoms with Crippen molar-refractivity contribution in [3.8, 4) is 0 Å². The van der Waals surface area contributed by atoms with Crippen molar-refractivity contribution in [1.82, 2.24) is 5.43 Å². The van der Waals surface area contributed by atoms with Crippen molar-refractivity contribution >= 4 is 11.8 Å². The van der Waals surface area contributed by atoms with E-state index in [0.29, 0.717) is 10.8 Å². The summed E-state index contributed by atoms with van der Waals surface area (Å²) < 4.78 is 0.365. The molecule has 0 radical (unpaired) electrons. The van der Waals surface area contributed by atoms with Gasteiger partial charge in [-0.3, -0.25) is 11.3 Å². The molecule has 1 aliphatic rings. The maximum atomic E-state index is 5.48. The number of thioether (sulfide) groups is 1. The summed E-state index contributed by atoms with van der Waals surface area (Å²) in [6, 6.07) is 0.536. The lowest BCUT2D eigenvalue weighted by atomic mass is 10.2. The Morgan fingerprint density at radius 2 is 2.08 bits per heavy atom. The van der Waals surface area contributed by atoms with E-state index >= 15 is 0 Å². The highest BCUT2D eigenvalue weighted by molar-refractivity contribution is 8.00. The van der Waals surface area contributed by atoms with E-state index in [-0.39, 0.29) is 0 Å². The van der Waals surface area contributed by atoms with Gasteiger partial charge in [0.25, 0.3) is 0 Å². The number of rotatable bonds is 4. The lowest BCUT2D eigenvalue weighted by Crippen LogP contribution is -2.39. The molecule has 72 valence electrons. The molecule has 0 aliphatic heterocycles. The summed E-state index contributed by atoms with van der Waals surface area (Å²) in [7, 11) is 0. The van der Waals surface area contributed by atoms with E-state index in [2.05, 4.69) is 26.2 Å². The van der Waals surface area contributed by atoms with Crippen molar-refractivity contribution in [3.63, 3.8) is 0 Å². The van der Waals surface area contributed by atoms with Gasteiger partial charge in [0, 0.05) is 16.5 Å². The molecular formula is C9H20N2S. The number of hydrazine groups is 1. The Morgan fingerprint density at radius 3 is 2.42 bits per heavy atom. The fourth-order valence-corrected chi connectivity index (χ4v) is 2.21. The quantitative estimate of drug-likeness (QED) is 0.521. The van der Waals surface area contributed by atoms with Crippen molar-refractivity contribution < 1.29 is 0 Å². The van der Waals surface area contributed by atoms with Crippen LogP contribution in [0.15, 0.2) is 0 Å². The summed E-state index contributed by atoms with van der Waals surface area (Å²) in [6.45, 7) is 6.74. The highest BCUT2D eigenvalue weighted by atomic mass is 32.2. The zero-order valence-corrected chi connectivity index (χ0v) is 9.08. The average molecular weight is 188 g/mol. The largest absolute Gasteiger partial charge is 0.271 e. The Kier molecular flexibility index (Phi) is 3.44. The van der Waals surface area contributed by atoms with Crippen molar-refractivity contribution in [2.24, 2.45) is 11.8 Å². The molecular weight excluding hydrogens is 168 g/mol. The minimum atomic E-state index is 0.365. The number of nitrogens with one attached hydrogen (secondary N) is 1. The van der Waals surface area contributed by atoms with Crippen LogP contribution in [0.5, 0.6) is 0 Å². The summed E-state index contributed by atoms with van der Waals surface area (Å²) in [4.78, 5) is 0. The molecule has 0 spiro atoms. The number of nitrogens with two attached hydrogens (primary N) is 1. The molecule has 3 heteroatoms. The van der Waals surface area contributed by atoms with Crippen LogP contribution < -0.4 is 11.3 Å². The van der Waals surface area contributed by atoms with Crippen molar-refractivity contribution in [3.05, 3.63) is 0 Å². The number of hydrogen-bond acceptors (Lipinski definition) is 3. The Hall–Kier alpha value is 0.270. The van der Waals surface area contributed by atoms with Crippen LogP contribution in [0.4, 0.5) is 0 Å². The van der Waals surface area contributed by atoms with E-state index in [1.165, 1.54) is 12.8 Å². The first kappa shape index (κ1) is 10.4. The third-order valence-electron chi connectivity index (χ3n) is 2.10. The fourth-order valence-electron chi connectivity index (χ4n) is 1.16. The second kappa shape index (κ2) is 3.99. The van der Waals surface area contributed by atoms with Crippen LogP contribution in [0.2, 0.25) is 0 Å². The third kappa shape index (κ3) is 3.78. The van der Waals surface area contributed by atoms with Gasteiger partial charge in [-0.05, 0) is 18.8 Å². The van der Waals surface area contributed by atoms with Gasteiger partial charge >= 0.3 is 0 Å². The molecule has 0 aromatic heterocycles. The Balaban J connectivity index is 2.19. The molecule has 0 aromatic rings. The molecule has 1 aliphatic carbocycles. The molecule has 0 bridgehead atoms. The maximum absolute atomic E-state index is 5.48. The van der Waals surface area contributed by atoms with E-state index in [0.717, 1.165) is 11.7 Å². The van der Waals surface area contributed by atoms with Crippen LogP contribution in [0.25, 0.3) is 0 Å². The normalized spacial score (nSPS) is 21.0. The molecule has 1 saturated carbocycles. The van der Waals surface area contributed by atoms with Crippen LogP contribution in [0, 0.1) is 5.92 Å². The van der Waals surface area contributed by atoms with E-state index in [1.807, 2.05) is 11.8 Å². The first-order valence-electron chi connectivity index (χ1n) is 4.63. The summed E-state index contributed by atoms with van der Waals surface area (Å²) in [5.41, 5.74) is 2.92. The smallest absolute Gasteiger partial charge is 0.0329 e. The van der Waals surface area contributed by atoms with Gasteiger partial charge < -0.3 is 0 Å². The van der Waals surface area contributed by atoms with Crippen LogP contribution >= 0.6 is 11.8 Å². The highest BCUT2D eigenvalue weighted by Crippen LogP contribution is 2.35. The predicted octanol–water partition coefficient (Wildman–Crippen LogP) is 1.76. The topological polar surface area (TPSA) is 38.0 Å². The zero-order chi connectivity index (χ0) is 9.19. The SMILES string of the molecule is CC(C)(C)SCC(NN)C1CC1. The highest BCUT2D eigenvalue weighted by Gasteiger charge is 2.31. The third-order valence-corrected chi connectivity index (χ3v) is 3.49. The molecule has 0 saturated heterocycles. The first-order valence-corrected chi connectivity index (χ1v) is 5.61. The van der Waals surface area contributed by atoms with Crippen LogP contribution in [0.1, 0.15) is 33.6 Å². The molecule has 1 atom stereocenters. The second-order valence-corrected chi connectivity index (χ2v) is 6.38. The standard InChI is InChI=1S/C9H20N2S/c1-9(2,3)12-6-8(11-10)7-4-5-7/h7-8,11H,4-6,10H2,1-3H3. The molecule has 3 N–H and O–H groups in total. The lowest BCUT2D eigenvalue weighted by molar-refractivity contribution is 0.519. The van der Waals surface area contributed by atoms with E-state index in [4.69, 9.17) is 5.84 Å². The van der Waals surface area contributed by atoms with Crippen molar-refractivity contribution in [2.75, 3.05) is 5.75 Å². The molecule has 0 aromatic carbocycles. The van der Waals surface area contributed by atoms with E-state index in [1.54, 1.807) is 0 Å². The van der Waals surface area contributed by atoms with E-state index in [9.17, 15) is 0 Å². The molecule has 2 nitrogen and oxygen atoms in total. The number of hydrogen-bond donors (Lipinski definition) is 2. The van der Waals surface area contributed by atoms with Gasteiger partial charge in [-0.1, -0.05) is 20.8 Å². The van der Waals surface area contributed by atoms with Crippen LogP contribution in [-0.4, -0.2) is 16.5 Å². The van der Waals surface area contributed by atoms with Gasteiger partial charge in [0.15, 0.2) is 0 Å². The predicted molar refractivity (Wildman–Crippen MR) is 56.0 cm³/mol. The molecule has 1 unspecified atom stereocenters. The average Bonchev–Trinajstić information content (AvgIpc) is 2.70. The molecule has 0 heterocycles.